The summed E-state index contributed by atoms with van der Waals surface area (Å²) in [5, 5.41) is 3.06. The molecule has 0 bridgehead atoms. The molecule has 0 saturated carbocycles. The van der Waals surface area contributed by atoms with E-state index in [1.165, 1.54) is 12.8 Å². The SMILES string of the molecule is C[C@H](CCNC(=O)c1cccc(Cn2c(=O)c3cccn3c3cccnc32)c1)N1CCCC1. The van der Waals surface area contributed by atoms with Crippen LogP contribution in [0, 0.1) is 0 Å². The summed E-state index contributed by atoms with van der Waals surface area (Å²) in [5.41, 5.74) is 3.50. The lowest BCUT2D eigenvalue weighted by molar-refractivity contribution is 0.0949. The number of hydrogen-bond donors (Lipinski definition) is 1. The molecule has 1 aliphatic heterocycles. The Labute approximate surface area is 192 Å². The lowest BCUT2D eigenvalue weighted by atomic mass is 10.1. The van der Waals surface area contributed by atoms with Crippen molar-refractivity contribution in [3.63, 3.8) is 0 Å². The fraction of sp³-hybridized carbons (Fsp3) is 0.346. The summed E-state index contributed by atoms with van der Waals surface area (Å²) in [7, 11) is 0. The molecule has 0 radical (unpaired) electrons. The molecule has 7 heteroatoms. The van der Waals surface area contributed by atoms with Gasteiger partial charge in [0.15, 0.2) is 5.65 Å². The zero-order valence-electron chi connectivity index (χ0n) is 18.9. The van der Waals surface area contributed by atoms with Gasteiger partial charge in [-0.2, -0.15) is 0 Å². The molecule has 1 fully saturated rings. The average Bonchev–Trinajstić information content (AvgIpc) is 3.55. The first-order valence-electron chi connectivity index (χ1n) is 11.7. The van der Waals surface area contributed by atoms with Crippen molar-refractivity contribution < 1.29 is 4.79 Å². The van der Waals surface area contributed by atoms with Crippen LogP contribution in [-0.2, 0) is 6.54 Å². The lowest BCUT2D eigenvalue weighted by Crippen LogP contribution is -2.34. The molecular weight excluding hydrogens is 414 g/mol. The van der Waals surface area contributed by atoms with Crippen LogP contribution < -0.4 is 10.9 Å². The number of hydrogen-bond acceptors (Lipinski definition) is 4. The van der Waals surface area contributed by atoms with Crippen LogP contribution in [0.1, 0.15) is 42.1 Å². The van der Waals surface area contributed by atoms with E-state index in [0.717, 1.165) is 30.6 Å². The molecule has 1 atom stereocenters. The first kappa shape index (κ1) is 21.4. The predicted octanol–water partition coefficient (Wildman–Crippen LogP) is 3.30. The van der Waals surface area contributed by atoms with Crippen molar-refractivity contribution in [2.24, 2.45) is 0 Å². The van der Waals surface area contributed by atoms with Crippen LogP contribution in [0.5, 0.6) is 0 Å². The third-order valence-electron chi connectivity index (χ3n) is 6.64. The lowest BCUT2D eigenvalue weighted by Gasteiger charge is -2.23. The number of rotatable bonds is 7. The molecule has 0 spiro atoms. The van der Waals surface area contributed by atoms with E-state index in [1.54, 1.807) is 10.8 Å². The highest BCUT2D eigenvalue weighted by Gasteiger charge is 2.18. The van der Waals surface area contributed by atoms with Gasteiger partial charge in [-0.25, -0.2) is 4.98 Å². The van der Waals surface area contributed by atoms with E-state index < -0.39 is 0 Å². The molecule has 1 saturated heterocycles. The van der Waals surface area contributed by atoms with E-state index in [2.05, 4.69) is 22.1 Å². The standard InChI is InChI=1S/C26H29N5O2/c1-19(29-14-2-3-15-29)11-13-28-25(32)21-8-4-7-20(17-21)18-31-24-22(9-5-12-27-24)30-16-6-10-23(30)26(31)33/h4-10,12,16-17,19H,2-3,11,13-15,18H2,1H3,(H,28,32)/t19-/m1/s1. The number of aromatic nitrogens is 3. The number of fused-ring (bicyclic) bond motifs is 3. The van der Waals surface area contributed by atoms with Crippen LogP contribution in [-0.4, -0.2) is 50.4 Å². The number of likely N-dealkylation sites (tertiary alicyclic amines) is 1. The first-order valence-corrected chi connectivity index (χ1v) is 11.7. The van der Waals surface area contributed by atoms with Gasteiger partial charge in [0.1, 0.15) is 5.52 Å². The van der Waals surface area contributed by atoms with Gasteiger partial charge in [-0.05, 0) is 81.2 Å². The number of nitrogens with one attached hydrogen (secondary N) is 1. The number of carbonyl (C=O) groups is 1. The fourth-order valence-corrected chi connectivity index (χ4v) is 4.79. The Morgan fingerprint density at radius 3 is 2.76 bits per heavy atom. The van der Waals surface area contributed by atoms with Gasteiger partial charge < -0.3 is 14.6 Å². The summed E-state index contributed by atoms with van der Waals surface area (Å²) in [6.07, 6.45) is 7.06. The summed E-state index contributed by atoms with van der Waals surface area (Å²) < 4.78 is 3.55. The van der Waals surface area contributed by atoms with Crippen molar-refractivity contribution in [2.45, 2.75) is 38.8 Å². The second-order valence-corrected chi connectivity index (χ2v) is 8.84. The van der Waals surface area contributed by atoms with Gasteiger partial charge in [-0.3, -0.25) is 14.2 Å². The number of amides is 1. The van der Waals surface area contributed by atoms with Gasteiger partial charge in [-0.15, -0.1) is 0 Å². The molecule has 5 rings (SSSR count). The molecule has 33 heavy (non-hydrogen) atoms. The third-order valence-corrected chi connectivity index (χ3v) is 6.64. The molecule has 170 valence electrons. The van der Waals surface area contributed by atoms with Crippen molar-refractivity contribution in [1.82, 2.24) is 24.2 Å². The Morgan fingerprint density at radius 1 is 1.09 bits per heavy atom. The average molecular weight is 444 g/mol. The minimum Gasteiger partial charge on any atom is -0.352 e. The minimum atomic E-state index is -0.100. The van der Waals surface area contributed by atoms with Crippen molar-refractivity contribution in [1.29, 1.82) is 0 Å². The first-order chi connectivity index (χ1) is 16.1. The van der Waals surface area contributed by atoms with Gasteiger partial charge in [0.2, 0.25) is 0 Å². The fourth-order valence-electron chi connectivity index (χ4n) is 4.79. The van der Waals surface area contributed by atoms with E-state index in [-0.39, 0.29) is 11.5 Å². The number of pyridine rings is 1. The van der Waals surface area contributed by atoms with E-state index in [4.69, 9.17) is 0 Å². The van der Waals surface area contributed by atoms with Crippen LogP contribution in [0.3, 0.4) is 0 Å². The smallest absolute Gasteiger partial charge is 0.276 e. The third kappa shape index (κ3) is 4.28. The molecule has 1 aromatic carbocycles. The Bertz CT molecular complexity index is 1350. The Morgan fingerprint density at radius 2 is 1.91 bits per heavy atom. The second kappa shape index (κ2) is 9.19. The maximum atomic E-state index is 13.2. The normalized spacial score (nSPS) is 15.3. The number of carbonyl (C=O) groups excluding carboxylic acids is 1. The summed E-state index contributed by atoms with van der Waals surface area (Å²) >= 11 is 0. The monoisotopic (exact) mass is 443 g/mol. The van der Waals surface area contributed by atoms with Crippen LogP contribution in [0.25, 0.3) is 16.7 Å². The molecule has 0 aliphatic carbocycles. The molecule has 1 aliphatic rings. The van der Waals surface area contributed by atoms with Gasteiger partial charge in [0, 0.05) is 30.5 Å². The van der Waals surface area contributed by atoms with Crippen molar-refractivity contribution >= 4 is 22.6 Å². The number of nitrogens with zero attached hydrogens (tertiary/aromatic N) is 4. The van der Waals surface area contributed by atoms with Crippen molar-refractivity contribution in [3.8, 4) is 0 Å². The molecule has 4 heterocycles. The quantitative estimate of drug-likeness (QED) is 0.476. The van der Waals surface area contributed by atoms with Crippen LogP contribution >= 0.6 is 0 Å². The highest BCUT2D eigenvalue weighted by molar-refractivity contribution is 5.94. The molecule has 1 N–H and O–H groups in total. The molecule has 0 unspecified atom stereocenters. The molecule has 7 nitrogen and oxygen atoms in total. The van der Waals surface area contributed by atoms with Crippen molar-refractivity contribution in [3.05, 3.63) is 82.4 Å². The zero-order valence-corrected chi connectivity index (χ0v) is 18.9. The van der Waals surface area contributed by atoms with E-state index >= 15 is 0 Å². The summed E-state index contributed by atoms with van der Waals surface area (Å²) in [4.78, 5) is 32.9. The summed E-state index contributed by atoms with van der Waals surface area (Å²) in [6.45, 7) is 5.56. The predicted molar refractivity (Wildman–Crippen MR) is 130 cm³/mol. The highest BCUT2D eigenvalue weighted by atomic mass is 16.1. The van der Waals surface area contributed by atoms with Gasteiger partial charge in [-0.1, -0.05) is 12.1 Å². The Balaban J connectivity index is 1.33. The maximum absolute atomic E-state index is 13.2. The molecular formula is C26H29N5O2. The summed E-state index contributed by atoms with van der Waals surface area (Å²) in [5.74, 6) is -0.0807. The second-order valence-electron chi connectivity index (χ2n) is 8.84. The highest BCUT2D eigenvalue weighted by Crippen LogP contribution is 2.16. The van der Waals surface area contributed by atoms with Crippen LogP contribution in [0.15, 0.2) is 65.7 Å². The van der Waals surface area contributed by atoms with Gasteiger partial charge >= 0.3 is 0 Å². The minimum absolute atomic E-state index is 0.0807. The van der Waals surface area contributed by atoms with E-state index in [0.29, 0.717) is 35.9 Å². The molecule has 4 aromatic rings. The zero-order chi connectivity index (χ0) is 22.8. The van der Waals surface area contributed by atoms with Gasteiger partial charge in [0.05, 0.1) is 12.1 Å². The summed E-state index contributed by atoms with van der Waals surface area (Å²) in [6, 6.07) is 15.5. The topological polar surface area (TPSA) is 71.6 Å². The van der Waals surface area contributed by atoms with E-state index in [1.807, 2.05) is 59.1 Å². The molecule has 3 aromatic heterocycles. The maximum Gasteiger partial charge on any atom is 0.276 e. The van der Waals surface area contributed by atoms with Gasteiger partial charge in [0.25, 0.3) is 11.5 Å². The van der Waals surface area contributed by atoms with Crippen molar-refractivity contribution in [2.75, 3.05) is 19.6 Å². The van der Waals surface area contributed by atoms with E-state index in [9.17, 15) is 9.59 Å². The Kier molecular flexibility index (Phi) is 5.96. The number of benzene rings is 1. The largest absolute Gasteiger partial charge is 0.352 e. The van der Waals surface area contributed by atoms with Crippen LogP contribution in [0.4, 0.5) is 0 Å². The van der Waals surface area contributed by atoms with Crippen LogP contribution in [0.2, 0.25) is 0 Å². The molecule has 1 amide bonds. The Hall–Kier alpha value is -3.45.